The Morgan fingerprint density at radius 3 is 2.94 bits per heavy atom. The average molecular weight is 222 g/mol. The third-order valence-electron chi connectivity index (χ3n) is 3.06. The lowest BCUT2D eigenvalue weighted by atomic mass is 10.2. The highest BCUT2D eigenvalue weighted by atomic mass is 16.4. The van der Waals surface area contributed by atoms with Gasteiger partial charge in [0.1, 0.15) is 5.76 Å². The van der Waals surface area contributed by atoms with Gasteiger partial charge in [-0.2, -0.15) is 0 Å². The summed E-state index contributed by atoms with van der Waals surface area (Å²) >= 11 is 0. The summed E-state index contributed by atoms with van der Waals surface area (Å²) in [6.45, 7) is 5.36. The van der Waals surface area contributed by atoms with E-state index in [4.69, 9.17) is 10.2 Å². The molecule has 1 aromatic rings. The minimum absolute atomic E-state index is 0.0317. The van der Waals surface area contributed by atoms with Gasteiger partial charge in [0.25, 0.3) is 5.91 Å². The van der Waals surface area contributed by atoms with Gasteiger partial charge in [0, 0.05) is 25.6 Å². The van der Waals surface area contributed by atoms with Crippen LogP contribution in [0.2, 0.25) is 0 Å². The number of hydrogen-bond donors (Lipinski definition) is 1. The monoisotopic (exact) mass is 222 g/mol. The molecule has 0 unspecified atom stereocenters. The Morgan fingerprint density at radius 1 is 1.69 bits per heavy atom. The van der Waals surface area contributed by atoms with Gasteiger partial charge in [-0.15, -0.1) is 0 Å². The molecule has 0 aliphatic carbocycles. The van der Waals surface area contributed by atoms with Crippen LogP contribution >= 0.6 is 0 Å². The summed E-state index contributed by atoms with van der Waals surface area (Å²) in [5, 5.41) is 0. The Labute approximate surface area is 95.4 Å². The molecule has 88 valence electrons. The van der Waals surface area contributed by atoms with E-state index < -0.39 is 0 Å². The van der Waals surface area contributed by atoms with E-state index in [1.807, 2.05) is 19.9 Å². The molecule has 0 spiro atoms. The predicted molar refractivity (Wildman–Crippen MR) is 61.3 cm³/mol. The van der Waals surface area contributed by atoms with Crippen molar-refractivity contribution in [3.63, 3.8) is 0 Å². The number of rotatable bonds is 2. The molecular weight excluding hydrogens is 204 g/mol. The summed E-state index contributed by atoms with van der Waals surface area (Å²) in [5.74, 6) is 1.31. The third kappa shape index (κ3) is 1.97. The zero-order valence-electron chi connectivity index (χ0n) is 9.82. The zero-order valence-corrected chi connectivity index (χ0v) is 9.82. The number of aryl methyl sites for hydroxylation is 2. The van der Waals surface area contributed by atoms with E-state index in [0.717, 1.165) is 30.7 Å². The van der Waals surface area contributed by atoms with Crippen molar-refractivity contribution in [1.29, 1.82) is 0 Å². The lowest BCUT2D eigenvalue weighted by Crippen LogP contribution is -2.31. The standard InChI is InChI=1S/C12H18N2O2/c1-3-10-8(2)6-11(16-10)12(15)14-5-4-9(13)7-14/h6,9H,3-5,7,13H2,1-2H3/t9-/m1/s1. The summed E-state index contributed by atoms with van der Waals surface area (Å²) in [6, 6.07) is 1.94. The van der Waals surface area contributed by atoms with E-state index in [-0.39, 0.29) is 11.9 Å². The molecule has 0 radical (unpaired) electrons. The van der Waals surface area contributed by atoms with Gasteiger partial charge < -0.3 is 15.1 Å². The van der Waals surface area contributed by atoms with Crippen LogP contribution in [0.5, 0.6) is 0 Å². The fourth-order valence-corrected chi connectivity index (χ4v) is 2.10. The first-order chi connectivity index (χ1) is 7.61. The molecular formula is C12H18N2O2. The molecule has 1 aliphatic rings. The molecule has 1 aromatic heterocycles. The minimum atomic E-state index is -0.0317. The number of carbonyl (C=O) groups is 1. The topological polar surface area (TPSA) is 59.5 Å². The molecule has 1 amide bonds. The maximum absolute atomic E-state index is 12.1. The van der Waals surface area contributed by atoms with Crippen LogP contribution in [0.1, 0.15) is 35.2 Å². The number of amides is 1. The zero-order chi connectivity index (χ0) is 11.7. The highest BCUT2D eigenvalue weighted by Gasteiger charge is 2.26. The van der Waals surface area contributed by atoms with E-state index in [1.165, 1.54) is 0 Å². The van der Waals surface area contributed by atoms with Crippen molar-refractivity contribution in [3.8, 4) is 0 Å². The summed E-state index contributed by atoms with van der Waals surface area (Å²) in [4.78, 5) is 13.8. The quantitative estimate of drug-likeness (QED) is 0.821. The summed E-state index contributed by atoms with van der Waals surface area (Å²) in [6.07, 6.45) is 1.70. The molecule has 2 heterocycles. The van der Waals surface area contributed by atoms with Crippen LogP contribution in [-0.2, 0) is 6.42 Å². The molecule has 2 N–H and O–H groups in total. The van der Waals surface area contributed by atoms with Crippen LogP contribution in [0, 0.1) is 6.92 Å². The van der Waals surface area contributed by atoms with Crippen LogP contribution in [0.3, 0.4) is 0 Å². The molecule has 1 atom stereocenters. The fourth-order valence-electron chi connectivity index (χ4n) is 2.10. The lowest BCUT2D eigenvalue weighted by molar-refractivity contribution is 0.0757. The molecule has 0 saturated carbocycles. The van der Waals surface area contributed by atoms with Crippen molar-refractivity contribution in [2.45, 2.75) is 32.7 Å². The Hall–Kier alpha value is -1.29. The van der Waals surface area contributed by atoms with Gasteiger partial charge in [0.05, 0.1) is 0 Å². The highest BCUT2D eigenvalue weighted by molar-refractivity contribution is 5.92. The highest BCUT2D eigenvalue weighted by Crippen LogP contribution is 2.18. The fraction of sp³-hybridized carbons (Fsp3) is 0.583. The van der Waals surface area contributed by atoms with Crippen LogP contribution < -0.4 is 5.73 Å². The predicted octanol–water partition coefficient (Wildman–Crippen LogP) is 1.32. The average Bonchev–Trinajstić information content (AvgIpc) is 2.83. The van der Waals surface area contributed by atoms with Crippen LogP contribution in [0.4, 0.5) is 0 Å². The van der Waals surface area contributed by atoms with E-state index in [2.05, 4.69) is 0 Å². The summed E-state index contributed by atoms with van der Waals surface area (Å²) < 4.78 is 5.54. The van der Waals surface area contributed by atoms with Crippen molar-refractivity contribution in [1.82, 2.24) is 4.90 Å². The molecule has 0 bridgehead atoms. The SMILES string of the molecule is CCc1oc(C(=O)N2CC[C@@H](N)C2)cc1C. The van der Waals surface area contributed by atoms with Gasteiger partial charge in [-0.05, 0) is 25.0 Å². The molecule has 1 saturated heterocycles. The molecule has 16 heavy (non-hydrogen) atoms. The minimum Gasteiger partial charge on any atom is -0.456 e. The van der Waals surface area contributed by atoms with E-state index >= 15 is 0 Å². The number of nitrogens with zero attached hydrogens (tertiary/aromatic N) is 1. The molecule has 1 fully saturated rings. The van der Waals surface area contributed by atoms with Crippen LogP contribution in [0.25, 0.3) is 0 Å². The van der Waals surface area contributed by atoms with Gasteiger partial charge in [-0.3, -0.25) is 4.79 Å². The Bertz CT molecular complexity index is 398. The van der Waals surface area contributed by atoms with Gasteiger partial charge in [-0.1, -0.05) is 6.92 Å². The van der Waals surface area contributed by atoms with Crippen molar-refractivity contribution in [3.05, 3.63) is 23.2 Å². The Kier molecular flexibility index (Phi) is 3.01. The first-order valence-corrected chi connectivity index (χ1v) is 5.76. The van der Waals surface area contributed by atoms with E-state index in [1.54, 1.807) is 4.90 Å². The molecule has 4 nitrogen and oxygen atoms in total. The maximum atomic E-state index is 12.1. The smallest absolute Gasteiger partial charge is 0.289 e. The number of nitrogens with two attached hydrogens (primary N) is 1. The van der Waals surface area contributed by atoms with Gasteiger partial charge in [0.15, 0.2) is 5.76 Å². The largest absolute Gasteiger partial charge is 0.456 e. The maximum Gasteiger partial charge on any atom is 0.289 e. The molecule has 2 rings (SSSR count). The van der Waals surface area contributed by atoms with Crippen LogP contribution in [-0.4, -0.2) is 29.9 Å². The summed E-state index contributed by atoms with van der Waals surface area (Å²) in [5.41, 5.74) is 6.83. The Morgan fingerprint density at radius 2 is 2.44 bits per heavy atom. The summed E-state index contributed by atoms with van der Waals surface area (Å²) in [7, 11) is 0. The third-order valence-corrected chi connectivity index (χ3v) is 3.06. The number of furan rings is 1. The van der Waals surface area contributed by atoms with Gasteiger partial charge in [0.2, 0.25) is 0 Å². The van der Waals surface area contributed by atoms with Crippen molar-refractivity contribution >= 4 is 5.91 Å². The van der Waals surface area contributed by atoms with Gasteiger partial charge in [-0.25, -0.2) is 0 Å². The lowest BCUT2D eigenvalue weighted by Gasteiger charge is -2.13. The second kappa shape index (κ2) is 4.29. The normalized spacial score (nSPS) is 20.4. The van der Waals surface area contributed by atoms with E-state index in [0.29, 0.717) is 12.3 Å². The van der Waals surface area contributed by atoms with Crippen molar-refractivity contribution in [2.75, 3.05) is 13.1 Å². The number of likely N-dealkylation sites (tertiary alicyclic amines) is 1. The van der Waals surface area contributed by atoms with E-state index in [9.17, 15) is 4.79 Å². The molecule has 0 aromatic carbocycles. The number of carbonyl (C=O) groups excluding carboxylic acids is 1. The number of hydrogen-bond acceptors (Lipinski definition) is 3. The first kappa shape index (κ1) is 11.2. The van der Waals surface area contributed by atoms with Crippen molar-refractivity contribution < 1.29 is 9.21 Å². The Balaban J connectivity index is 2.14. The molecule has 4 heteroatoms. The second-order valence-electron chi connectivity index (χ2n) is 4.37. The second-order valence-corrected chi connectivity index (χ2v) is 4.37. The first-order valence-electron chi connectivity index (χ1n) is 5.76. The van der Waals surface area contributed by atoms with Crippen molar-refractivity contribution in [2.24, 2.45) is 5.73 Å². The molecule has 1 aliphatic heterocycles. The van der Waals surface area contributed by atoms with Gasteiger partial charge >= 0.3 is 0 Å². The van der Waals surface area contributed by atoms with Crippen LogP contribution in [0.15, 0.2) is 10.5 Å².